The maximum Gasteiger partial charge on any atom is 0.133 e. The highest BCUT2D eigenvalue weighted by molar-refractivity contribution is 5.37. The molecule has 1 atom stereocenters. The smallest absolute Gasteiger partial charge is 0.133 e. The third-order valence-electron chi connectivity index (χ3n) is 3.17. The summed E-state index contributed by atoms with van der Waals surface area (Å²) in [5, 5.41) is 3.48. The van der Waals surface area contributed by atoms with Crippen LogP contribution >= 0.6 is 0 Å². The zero-order valence-electron chi connectivity index (χ0n) is 12.7. The van der Waals surface area contributed by atoms with Crippen molar-refractivity contribution in [3.8, 4) is 0 Å². The van der Waals surface area contributed by atoms with Crippen molar-refractivity contribution in [1.29, 1.82) is 0 Å². The normalized spacial score (nSPS) is 12.4. The SMILES string of the molecule is Cc1cc(NC(C)Cc2ccccc2)nc(C(C)C)n1. The number of aryl methyl sites for hydroxylation is 1. The average molecular weight is 269 g/mol. The van der Waals surface area contributed by atoms with E-state index in [1.807, 2.05) is 19.1 Å². The predicted molar refractivity (Wildman–Crippen MR) is 84.1 cm³/mol. The number of rotatable bonds is 5. The first kappa shape index (κ1) is 14.5. The summed E-state index contributed by atoms with van der Waals surface area (Å²) in [6.07, 6.45) is 0.987. The van der Waals surface area contributed by atoms with Crippen LogP contribution in [0.15, 0.2) is 36.4 Å². The van der Waals surface area contributed by atoms with E-state index in [4.69, 9.17) is 0 Å². The molecular formula is C17H23N3. The van der Waals surface area contributed by atoms with Crippen LogP contribution in [0.25, 0.3) is 0 Å². The minimum Gasteiger partial charge on any atom is -0.367 e. The maximum atomic E-state index is 4.59. The van der Waals surface area contributed by atoms with Gasteiger partial charge in [0.15, 0.2) is 0 Å². The van der Waals surface area contributed by atoms with E-state index in [1.54, 1.807) is 0 Å². The molecule has 0 aliphatic carbocycles. The lowest BCUT2D eigenvalue weighted by molar-refractivity contribution is 0.748. The van der Waals surface area contributed by atoms with E-state index in [1.165, 1.54) is 5.56 Å². The van der Waals surface area contributed by atoms with Gasteiger partial charge in [-0.05, 0) is 25.8 Å². The molecule has 0 amide bonds. The molecule has 1 aromatic carbocycles. The lowest BCUT2D eigenvalue weighted by atomic mass is 10.1. The van der Waals surface area contributed by atoms with Gasteiger partial charge in [-0.15, -0.1) is 0 Å². The second kappa shape index (κ2) is 6.51. The third-order valence-corrected chi connectivity index (χ3v) is 3.17. The Morgan fingerprint density at radius 3 is 2.40 bits per heavy atom. The zero-order chi connectivity index (χ0) is 14.5. The second-order valence-corrected chi connectivity index (χ2v) is 5.64. The predicted octanol–water partition coefficient (Wildman–Crippen LogP) is 3.95. The van der Waals surface area contributed by atoms with Crippen molar-refractivity contribution < 1.29 is 0 Å². The summed E-state index contributed by atoms with van der Waals surface area (Å²) in [4.78, 5) is 9.07. The molecule has 20 heavy (non-hydrogen) atoms. The van der Waals surface area contributed by atoms with Crippen molar-refractivity contribution in [2.24, 2.45) is 0 Å². The van der Waals surface area contributed by atoms with Gasteiger partial charge >= 0.3 is 0 Å². The molecule has 0 spiro atoms. The maximum absolute atomic E-state index is 4.59. The highest BCUT2D eigenvalue weighted by Gasteiger charge is 2.09. The third kappa shape index (κ3) is 4.05. The Morgan fingerprint density at radius 2 is 1.75 bits per heavy atom. The second-order valence-electron chi connectivity index (χ2n) is 5.64. The molecule has 3 nitrogen and oxygen atoms in total. The fraction of sp³-hybridized carbons (Fsp3) is 0.412. The van der Waals surface area contributed by atoms with Crippen molar-refractivity contribution in [1.82, 2.24) is 9.97 Å². The number of hydrogen-bond acceptors (Lipinski definition) is 3. The van der Waals surface area contributed by atoms with Gasteiger partial charge in [-0.3, -0.25) is 0 Å². The largest absolute Gasteiger partial charge is 0.367 e. The fourth-order valence-corrected chi connectivity index (χ4v) is 2.19. The molecule has 3 heteroatoms. The number of nitrogens with zero attached hydrogens (tertiary/aromatic N) is 2. The van der Waals surface area contributed by atoms with Crippen LogP contribution in [0.5, 0.6) is 0 Å². The van der Waals surface area contributed by atoms with Gasteiger partial charge in [0.2, 0.25) is 0 Å². The minimum absolute atomic E-state index is 0.340. The highest BCUT2D eigenvalue weighted by Crippen LogP contribution is 2.15. The summed E-state index contributed by atoms with van der Waals surface area (Å²) in [7, 11) is 0. The van der Waals surface area contributed by atoms with Crippen LogP contribution in [0.2, 0.25) is 0 Å². The van der Waals surface area contributed by atoms with Crippen LogP contribution in [-0.2, 0) is 6.42 Å². The van der Waals surface area contributed by atoms with E-state index in [9.17, 15) is 0 Å². The number of aromatic nitrogens is 2. The molecule has 1 heterocycles. The highest BCUT2D eigenvalue weighted by atomic mass is 15.0. The molecule has 106 valence electrons. The summed E-state index contributed by atoms with van der Waals surface area (Å²) in [5.41, 5.74) is 2.35. The van der Waals surface area contributed by atoms with Crippen LogP contribution < -0.4 is 5.32 Å². The van der Waals surface area contributed by atoms with E-state index in [-0.39, 0.29) is 0 Å². The first-order valence-electron chi connectivity index (χ1n) is 7.20. The number of anilines is 1. The Balaban J connectivity index is 2.06. The number of benzene rings is 1. The van der Waals surface area contributed by atoms with Crippen LogP contribution in [-0.4, -0.2) is 16.0 Å². The Kier molecular flexibility index (Phi) is 4.72. The molecule has 0 radical (unpaired) electrons. The lowest BCUT2D eigenvalue weighted by Gasteiger charge is -2.16. The topological polar surface area (TPSA) is 37.8 Å². The standard InChI is InChI=1S/C17H23N3/c1-12(2)17-19-14(4)11-16(20-17)18-13(3)10-15-8-6-5-7-9-15/h5-9,11-13H,10H2,1-4H3,(H,18,19,20). The van der Waals surface area contributed by atoms with Crippen LogP contribution in [0.4, 0.5) is 5.82 Å². The van der Waals surface area contributed by atoms with Crippen molar-refractivity contribution in [2.45, 2.75) is 46.1 Å². The minimum atomic E-state index is 0.340. The molecule has 0 saturated carbocycles. The molecule has 1 N–H and O–H groups in total. The first-order valence-corrected chi connectivity index (χ1v) is 7.20. The van der Waals surface area contributed by atoms with Gasteiger partial charge in [0.25, 0.3) is 0 Å². The molecule has 0 fully saturated rings. The molecule has 0 aliphatic rings. The molecule has 1 unspecified atom stereocenters. The van der Waals surface area contributed by atoms with Crippen LogP contribution in [0.1, 0.15) is 43.8 Å². The molecule has 1 aromatic heterocycles. The van der Waals surface area contributed by atoms with Gasteiger partial charge in [0.1, 0.15) is 11.6 Å². The van der Waals surface area contributed by atoms with Crippen LogP contribution in [0.3, 0.4) is 0 Å². The number of nitrogens with one attached hydrogen (secondary N) is 1. The average Bonchev–Trinajstić information content (AvgIpc) is 2.38. The lowest BCUT2D eigenvalue weighted by Crippen LogP contribution is -2.19. The van der Waals surface area contributed by atoms with E-state index < -0.39 is 0 Å². The molecule has 2 rings (SSSR count). The van der Waals surface area contributed by atoms with Gasteiger partial charge in [0.05, 0.1) is 0 Å². The van der Waals surface area contributed by atoms with Gasteiger partial charge < -0.3 is 5.32 Å². The summed E-state index contributed by atoms with van der Waals surface area (Å²) in [6, 6.07) is 12.9. The Bertz CT molecular complexity index is 549. The van der Waals surface area contributed by atoms with Gasteiger partial charge in [-0.25, -0.2) is 9.97 Å². The quantitative estimate of drug-likeness (QED) is 0.893. The Hall–Kier alpha value is -1.90. The molecule has 0 saturated heterocycles. The summed E-state index contributed by atoms with van der Waals surface area (Å²) >= 11 is 0. The summed E-state index contributed by atoms with van der Waals surface area (Å²) in [6.45, 7) is 8.43. The van der Waals surface area contributed by atoms with Crippen molar-refractivity contribution >= 4 is 5.82 Å². The zero-order valence-corrected chi connectivity index (χ0v) is 12.7. The van der Waals surface area contributed by atoms with Crippen molar-refractivity contribution in [2.75, 3.05) is 5.32 Å². The molecule has 0 bridgehead atoms. The Morgan fingerprint density at radius 1 is 1.05 bits per heavy atom. The fourth-order valence-electron chi connectivity index (χ4n) is 2.19. The monoisotopic (exact) mass is 269 g/mol. The Labute approximate surface area is 121 Å². The van der Waals surface area contributed by atoms with E-state index in [0.29, 0.717) is 12.0 Å². The van der Waals surface area contributed by atoms with Crippen molar-refractivity contribution in [3.63, 3.8) is 0 Å². The van der Waals surface area contributed by atoms with Crippen LogP contribution in [0, 0.1) is 6.92 Å². The first-order chi connectivity index (χ1) is 9.54. The van der Waals surface area contributed by atoms with E-state index in [2.05, 4.69) is 60.3 Å². The molecular weight excluding hydrogens is 246 g/mol. The summed E-state index contributed by atoms with van der Waals surface area (Å²) < 4.78 is 0. The van der Waals surface area contributed by atoms with Crippen molar-refractivity contribution in [3.05, 3.63) is 53.5 Å². The van der Waals surface area contributed by atoms with Gasteiger partial charge in [-0.2, -0.15) is 0 Å². The number of hydrogen-bond donors (Lipinski definition) is 1. The van der Waals surface area contributed by atoms with Gasteiger partial charge in [-0.1, -0.05) is 44.2 Å². The van der Waals surface area contributed by atoms with E-state index in [0.717, 1.165) is 23.8 Å². The summed E-state index contributed by atoms with van der Waals surface area (Å²) in [5.74, 6) is 2.17. The molecule has 0 aliphatic heterocycles. The van der Waals surface area contributed by atoms with Gasteiger partial charge in [0, 0.05) is 23.7 Å². The molecule has 2 aromatic rings. The van der Waals surface area contributed by atoms with E-state index >= 15 is 0 Å².